The summed E-state index contributed by atoms with van der Waals surface area (Å²) in [6, 6.07) is 10.8. The molecule has 0 atom stereocenters. The predicted molar refractivity (Wildman–Crippen MR) is 85.5 cm³/mol. The quantitative estimate of drug-likeness (QED) is 0.710. The summed E-state index contributed by atoms with van der Waals surface area (Å²) in [7, 11) is 0. The molecule has 2 heterocycles. The Kier molecular flexibility index (Phi) is 3.69. The summed E-state index contributed by atoms with van der Waals surface area (Å²) < 4.78 is 1.07. The van der Waals surface area contributed by atoms with Crippen molar-refractivity contribution in [3.63, 3.8) is 0 Å². The molecule has 1 aromatic carbocycles. The molecule has 0 amide bonds. The molecule has 0 spiro atoms. The Balaban J connectivity index is 1.98. The van der Waals surface area contributed by atoms with Gasteiger partial charge in [0.25, 0.3) is 0 Å². The third-order valence-corrected chi connectivity index (χ3v) is 5.33. The number of carboxylic acids is 1. The van der Waals surface area contributed by atoms with Crippen molar-refractivity contribution in [3.05, 3.63) is 51.1 Å². The first-order valence-electron chi connectivity index (χ1n) is 5.68. The summed E-state index contributed by atoms with van der Waals surface area (Å²) in [5, 5.41) is 11.9. The molecule has 0 aliphatic heterocycles. The molecule has 0 saturated carbocycles. The van der Waals surface area contributed by atoms with Gasteiger partial charge in [0.05, 0.1) is 19.9 Å². The Morgan fingerprint density at radius 3 is 2.80 bits per heavy atom. The van der Waals surface area contributed by atoms with Crippen LogP contribution in [0.4, 0.5) is 0 Å². The number of hydrogen-bond donors (Lipinski definition) is 1. The third kappa shape index (κ3) is 2.67. The summed E-state index contributed by atoms with van der Waals surface area (Å²) in [6.07, 6.45) is 0. The average molecular weight is 366 g/mol. The van der Waals surface area contributed by atoms with Crippen molar-refractivity contribution >= 4 is 44.6 Å². The van der Waals surface area contributed by atoms with Crippen LogP contribution in [0.5, 0.6) is 0 Å². The molecule has 3 rings (SSSR count). The lowest BCUT2D eigenvalue weighted by atomic mass is 10.1. The van der Waals surface area contributed by atoms with Crippen LogP contribution in [-0.2, 0) is 0 Å². The highest BCUT2D eigenvalue weighted by Gasteiger charge is 2.10. The van der Waals surface area contributed by atoms with Crippen molar-refractivity contribution in [3.8, 4) is 21.1 Å². The molecule has 3 aromatic rings. The Morgan fingerprint density at radius 2 is 2.10 bits per heavy atom. The number of carbonyl (C=O) groups is 1. The Hall–Kier alpha value is -1.50. The van der Waals surface area contributed by atoms with E-state index in [4.69, 9.17) is 5.11 Å². The van der Waals surface area contributed by atoms with E-state index in [0.717, 1.165) is 24.9 Å². The molecule has 0 aliphatic rings. The van der Waals surface area contributed by atoms with Gasteiger partial charge in [0.15, 0.2) is 0 Å². The van der Waals surface area contributed by atoms with Gasteiger partial charge in [-0.2, -0.15) is 0 Å². The van der Waals surface area contributed by atoms with Crippen LogP contribution in [-0.4, -0.2) is 16.1 Å². The summed E-state index contributed by atoms with van der Waals surface area (Å²) in [6.45, 7) is 0. The van der Waals surface area contributed by atoms with Crippen LogP contribution in [0, 0.1) is 0 Å². The van der Waals surface area contributed by atoms with Gasteiger partial charge in [0.2, 0.25) is 0 Å². The van der Waals surface area contributed by atoms with Gasteiger partial charge in [-0.15, -0.1) is 22.7 Å². The fraction of sp³-hybridized carbons (Fsp3) is 0. The molecule has 6 heteroatoms. The second-order valence-electron chi connectivity index (χ2n) is 4.03. The molecule has 20 heavy (non-hydrogen) atoms. The maximum atomic E-state index is 11.0. The zero-order valence-corrected chi connectivity index (χ0v) is 13.3. The minimum absolute atomic E-state index is 0.274. The number of carboxylic acid groups (broad SMARTS) is 1. The topological polar surface area (TPSA) is 50.2 Å². The third-order valence-electron chi connectivity index (χ3n) is 2.69. The zero-order chi connectivity index (χ0) is 14.1. The fourth-order valence-electron chi connectivity index (χ4n) is 1.76. The van der Waals surface area contributed by atoms with Crippen LogP contribution in [0.15, 0.2) is 45.6 Å². The summed E-state index contributed by atoms with van der Waals surface area (Å²) in [5.74, 6) is -0.926. The number of nitrogens with zero attached hydrogens (tertiary/aromatic N) is 1. The van der Waals surface area contributed by atoms with Crippen molar-refractivity contribution in [2.45, 2.75) is 0 Å². The lowest BCUT2D eigenvalue weighted by Gasteiger charge is -1.98. The highest BCUT2D eigenvalue weighted by Crippen LogP contribution is 2.35. The maximum absolute atomic E-state index is 11.0. The van der Waals surface area contributed by atoms with Crippen molar-refractivity contribution in [2.24, 2.45) is 0 Å². The number of aromatic carboxylic acids is 1. The van der Waals surface area contributed by atoms with E-state index < -0.39 is 5.97 Å². The van der Waals surface area contributed by atoms with Gasteiger partial charge in [-0.3, -0.25) is 0 Å². The maximum Gasteiger partial charge on any atom is 0.335 e. The van der Waals surface area contributed by atoms with E-state index in [2.05, 4.69) is 20.9 Å². The standard InChI is InChI=1S/C14H8BrNO2S2/c15-12-5-4-11(20-12)13-16-10(7-19-13)8-2-1-3-9(6-8)14(17)18/h1-7H,(H,17,18). The van der Waals surface area contributed by atoms with Gasteiger partial charge in [0.1, 0.15) is 5.01 Å². The van der Waals surface area contributed by atoms with Gasteiger partial charge in [0, 0.05) is 10.9 Å². The van der Waals surface area contributed by atoms with E-state index in [9.17, 15) is 4.79 Å². The second kappa shape index (κ2) is 5.47. The normalized spacial score (nSPS) is 10.7. The van der Waals surface area contributed by atoms with Crippen LogP contribution in [0.25, 0.3) is 21.1 Å². The smallest absolute Gasteiger partial charge is 0.335 e. The number of benzene rings is 1. The largest absolute Gasteiger partial charge is 0.478 e. The van der Waals surface area contributed by atoms with E-state index in [0.29, 0.717) is 0 Å². The molecule has 0 aliphatic carbocycles. The molecule has 3 nitrogen and oxygen atoms in total. The number of hydrogen-bond acceptors (Lipinski definition) is 4. The molecular formula is C14H8BrNO2S2. The van der Waals surface area contributed by atoms with Gasteiger partial charge in [-0.25, -0.2) is 9.78 Å². The average Bonchev–Trinajstić information content (AvgIpc) is 3.07. The van der Waals surface area contributed by atoms with Gasteiger partial charge in [-0.1, -0.05) is 12.1 Å². The Labute approximate surface area is 131 Å². The van der Waals surface area contributed by atoms with Crippen molar-refractivity contribution in [1.82, 2.24) is 4.98 Å². The van der Waals surface area contributed by atoms with Crippen LogP contribution in [0.1, 0.15) is 10.4 Å². The number of rotatable bonds is 3. The molecule has 2 aromatic heterocycles. The van der Waals surface area contributed by atoms with E-state index in [1.54, 1.807) is 40.9 Å². The molecule has 0 unspecified atom stereocenters. The number of aromatic nitrogens is 1. The Bertz CT molecular complexity index is 779. The molecule has 0 radical (unpaired) electrons. The molecule has 0 saturated heterocycles. The first kappa shape index (κ1) is 13.5. The van der Waals surface area contributed by atoms with E-state index >= 15 is 0 Å². The highest BCUT2D eigenvalue weighted by atomic mass is 79.9. The molecular weight excluding hydrogens is 358 g/mol. The molecule has 0 bridgehead atoms. The molecule has 0 fully saturated rings. The van der Waals surface area contributed by atoms with Crippen LogP contribution in [0.3, 0.4) is 0 Å². The van der Waals surface area contributed by atoms with Crippen LogP contribution in [0.2, 0.25) is 0 Å². The SMILES string of the molecule is O=C(O)c1cccc(-c2csc(-c3ccc(Br)s3)n2)c1. The first-order chi connectivity index (χ1) is 9.63. The lowest BCUT2D eigenvalue weighted by molar-refractivity contribution is 0.0697. The molecule has 1 N–H and O–H groups in total. The van der Waals surface area contributed by atoms with E-state index in [1.807, 2.05) is 23.6 Å². The minimum atomic E-state index is -0.926. The lowest BCUT2D eigenvalue weighted by Crippen LogP contribution is -1.95. The summed E-state index contributed by atoms with van der Waals surface area (Å²) in [5.41, 5.74) is 1.90. The number of thiazole rings is 1. The second-order valence-corrected chi connectivity index (χ2v) is 7.35. The van der Waals surface area contributed by atoms with E-state index in [1.165, 1.54) is 0 Å². The van der Waals surface area contributed by atoms with Gasteiger partial charge >= 0.3 is 5.97 Å². The first-order valence-corrected chi connectivity index (χ1v) is 8.17. The number of halogens is 1. The number of thiophene rings is 1. The predicted octanol–water partition coefficient (Wildman–Crippen LogP) is 5.00. The monoisotopic (exact) mass is 365 g/mol. The highest BCUT2D eigenvalue weighted by molar-refractivity contribution is 9.11. The van der Waals surface area contributed by atoms with Crippen molar-refractivity contribution < 1.29 is 9.90 Å². The van der Waals surface area contributed by atoms with Crippen LogP contribution < -0.4 is 0 Å². The summed E-state index contributed by atoms with van der Waals surface area (Å²) >= 11 is 6.62. The van der Waals surface area contributed by atoms with E-state index in [-0.39, 0.29) is 5.56 Å². The van der Waals surface area contributed by atoms with Crippen molar-refractivity contribution in [2.75, 3.05) is 0 Å². The minimum Gasteiger partial charge on any atom is -0.478 e. The Morgan fingerprint density at radius 1 is 1.25 bits per heavy atom. The molecule has 100 valence electrons. The van der Waals surface area contributed by atoms with Crippen molar-refractivity contribution in [1.29, 1.82) is 0 Å². The fourth-order valence-corrected chi connectivity index (χ4v) is 4.05. The van der Waals surface area contributed by atoms with Crippen LogP contribution >= 0.6 is 38.6 Å². The van der Waals surface area contributed by atoms with Gasteiger partial charge in [-0.05, 0) is 40.2 Å². The summed E-state index contributed by atoms with van der Waals surface area (Å²) in [4.78, 5) is 16.7. The zero-order valence-electron chi connectivity index (χ0n) is 10.0. The van der Waals surface area contributed by atoms with Gasteiger partial charge < -0.3 is 5.11 Å².